The highest BCUT2D eigenvalue weighted by Crippen LogP contribution is 2.13. The highest BCUT2D eigenvalue weighted by atomic mass is 16.5. The molecule has 0 bridgehead atoms. The van der Waals surface area contributed by atoms with Crippen molar-refractivity contribution in [2.24, 2.45) is 5.92 Å². The fourth-order valence-corrected chi connectivity index (χ4v) is 2.19. The van der Waals surface area contributed by atoms with Gasteiger partial charge in [0.1, 0.15) is 5.75 Å². The van der Waals surface area contributed by atoms with Crippen molar-refractivity contribution in [1.29, 1.82) is 0 Å². The van der Waals surface area contributed by atoms with Crippen molar-refractivity contribution in [3.8, 4) is 5.75 Å². The molecular weight excluding hydrogens is 250 g/mol. The molecule has 112 valence electrons. The van der Waals surface area contributed by atoms with Gasteiger partial charge in [0.2, 0.25) is 5.91 Å². The fourth-order valence-electron chi connectivity index (χ4n) is 2.19. The first-order valence-corrected chi connectivity index (χ1v) is 7.59. The number of carbonyl (C=O) groups excluding carboxylic acids is 1. The van der Waals surface area contributed by atoms with Gasteiger partial charge in [0.25, 0.3) is 0 Å². The molecule has 0 heterocycles. The van der Waals surface area contributed by atoms with E-state index in [1.165, 1.54) is 19.3 Å². The molecule has 0 aromatic heterocycles. The zero-order valence-electron chi connectivity index (χ0n) is 12.9. The molecule has 0 radical (unpaired) electrons. The van der Waals surface area contributed by atoms with Crippen LogP contribution in [-0.2, 0) is 11.2 Å². The van der Waals surface area contributed by atoms with Crippen LogP contribution in [0.3, 0.4) is 0 Å². The molecule has 1 atom stereocenters. The summed E-state index contributed by atoms with van der Waals surface area (Å²) in [5, 5.41) is 3.05. The molecule has 0 fully saturated rings. The van der Waals surface area contributed by atoms with Crippen LogP contribution in [0.5, 0.6) is 5.75 Å². The van der Waals surface area contributed by atoms with Crippen molar-refractivity contribution >= 4 is 5.91 Å². The third kappa shape index (κ3) is 6.09. The van der Waals surface area contributed by atoms with Crippen LogP contribution in [0, 0.1) is 5.92 Å². The number of ether oxygens (including phenoxy) is 1. The van der Waals surface area contributed by atoms with Gasteiger partial charge in [-0.25, -0.2) is 0 Å². The standard InChI is InChI=1S/C17H27NO2/c1-4-6-7-14(5-2)13-18-17(19)12-15-8-10-16(20-3)11-9-15/h8-11,14H,4-7,12-13H2,1-3H3,(H,18,19). The van der Waals surface area contributed by atoms with Crippen LogP contribution in [-0.4, -0.2) is 19.6 Å². The first-order chi connectivity index (χ1) is 9.69. The molecule has 1 rings (SSSR count). The molecule has 3 heteroatoms. The van der Waals surface area contributed by atoms with E-state index in [4.69, 9.17) is 4.74 Å². The van der Waals surface area contributed by atoms with Gasteiger partial charge in [-0.1, -0.05) is 45.2 Å². The van der Waals surface area contributed by atoms with Crippen molar-refractivity contribution in [2.45, 2.75) is 46.0 Å². The number of amides is 1. The third-order valence-electron chi connectivity index (χ3n) is 3.65. The maximum absolute atomic E-state index is 11.9. The van der Waals surface area contributed by atoms with Crippen molar-refractivity contribution in [3.63, 3.8) is 0 Å². The molecular formula is C17H27NO2. The van der Waals surface area contributed by atoms with Crippen molar-refractivity contribution in [2.75, 3.05) is 13.7 Å². The first kappa shape index (κ1) is 16.5. The Balaban J connectivity index is 2.34. The minimum Gasteiger partial charge on any atom is -0.497 e. The molecule has 0 aliphatic heterocycles. The molecule has 0 aliphatic rings. The average Bonchev–Trinajstić information content (AvgIpc) is 2.48. The summed E-state index contributed by atoms with van der Waals surface area (Å²) < 4.78 is 5.10. The molecule has 3 nitrogen and oxygen atoms in total. The van der Waals surface area contributed by atoms with Crippen LogP contribution in [0.2, 0.25) is 0 Å². The van der Waals surface area contributed by atoms with Crippen LogP contribution in [0.1, 0.15) is 45.1 Å². The smallest absolute Gasteiger partial charge is 0.224 e. The maximum Gasteiger partial charge on any atom is 0.224 e. The molecule has 0 saturated carbocycles. The molecule has 1 N–H and O–H groups in total. The van der Waals surface area contributed by atoms with Crippen molar-refractivity contribution < 1.29 is 9.53 Å². The Morgan fingerprint density at radius 2 is 1.95 bits per heavy atom. The predicted molar refractivity (Wildman–Crippen MR) is 83.0 cm³/mol. The minimum atomic E-state index is 0.102. The van der Waals surface area contributed by atoms with Crippen molar-refractivity contribution in [1.82, 2.24) is 5.32 Å². The number of nitrogens with one attached hydrogen (secondary N) is 1. The topological polar surface area (TPSA) is 38.3 Å². The van der Waals surface area contributed by atoms with Crippen LogP contribution in [0.15, 0.2) is 24.3 Å². The molecule has 1 aromatic rings. The lowest BCUT2D eigenvalue weighted by Gasteiger charge is -2.15. The summed E-state index contributed by atoms with van der Waals surface area (Å²) in [5.74, 6) is 1.53. The zero-order chi connectivity index (χ0) is 14.8. The van der Waals surface area contributed by atoms with E-state index in [2.05, 4.69) is 19.2 Å². The molecule has 0 saturated heterocycles. The van der Waals surface area contributed by atoms with Gasteiger partial charge in [-0.3, -0.25) is 4.79 Å². The van der Waals surface area contributed by atoms with Gasteiger partial charge in [0.05, 0.1) is 13.5 Å². The molecule has 0 aliphatic carbocycles. The normalized spacial score (nSPS) is 11.9. The monoisotopic (exact) mass is 277 g/mol. The lowest BCUT2D eigenvalue weighted by molar-refractivity contribution is -0.120. The van der Waals surface area contributed by atoms with Gasteiger partial charge in [0, 0.05) is 6.54 Å². The van der Waals surface area contributed by atoms with E-state index >= 15 is 0 Å². The number of rotatable bonds is 9. The van der Waals surface area contributed by atoms with Gasteiger partial charge < -0.3 is 10.1 Å². The number of benzene rings is 1. The summed E-state index contributed by atoms with van der Waals surface area (Å²) >= 11 is 0. The molecule has 1 amide bonds. The third-order valence-corrected chi connectivity index (χ3v) is 3.65. The van der Waals surface area contributed by atoms with Gasteiger partial charge in [0.15, 0.2) is 0 Å². The summed E-state index contributed by atoms with van der Waals surface area (Å²) in [4.78, 5) is 11.9. The Hall–Kier alpha value is -1.51. The molecule has 20 heavy (non-hydrogen) atoms. The van der Waals surface area contributed by atoms with Crippen molar-refractivity contribution in [3.05, 3.63) is 29.8 Å². The minimum absolute atomic E-state index is 0.102. The van der Waals surface area contributed by atoms with Gasteiger partial charge in [-0.05, 0) is 30.0 Å². The molecule has 1 aromatic carbocycles. The second kappa shape index (κ2) is 9.40. The van der Waals surface area contributed by atoms with E-state index in [1.807, 2.05) is 24.3 Å². The number of hydrogen-bond acceptors (Lipinski definition) is 2. The summed E-state index contributed by atoms with van der Waals surface area (Å²) in [6.45, 7) is 5.19. The van der Waals surface area contributed by atoms with E-state index in [1.54, 1.807) is 7.11 Å². The molecule has 1 unspecified atom stereocenters. The van der Waals surface area contributed by atoms with Gasteiger partial charge in [-0.2, -0.15) is 0 Å². The van der Waals surface area contributed by atoms with E-state index < -0.39 is 0 Å². The summed E-state index contributed by atoms with van der Waals surface area (Å²) in [5.41, 5.74) is 1.02. The van der Waals surface area contributed by atoms with E-state index in [-0.39, 0.29) is 5.91 Å². The summed E-state index contributed by atoms with van der Waals surface area (Å²) in [7, 11) is 1.64. The van der Waals surface area contributed by atoms with Crippen LogP contribution in [0.25, 0.3) is 0 Å². The lowest BCUT2D eigenvalue weighted by Crippen LogP contribution is -2.30. The Morgan fingerprint density at radius 1 is 1.25 bits per heavy atom. The largest absolute Gasteiger partial charge is 0.497 e. The quantitative estimate of drug-likeness (QED) is 0.749. The Kier molecular flexibility index (Phi) is 7.78. The summed E-state index contributed by atoms with van der Waals surface area (Å²) in [6.07, 6.45) is 5.23. The van der Waals surface area contributed by atoms with E-state index in [9.17, 15) is 4.79 Å². The molecule has 0 spiro atoms. The summed E-state index contributed by atoms with van der Waals surface area (Å²) in [6, 6.07) is 7.65. The highest BCUT2D eigenvalue weighted by molar-refractivity contribution is 5.78. The van der Waals surface area contributed by atoms with Crippen LogP contribution >= 0.6 is 0 Å². The Morgan fingerprint density at radius 3 is 2.50 bits per heavy atom. The lowest BCUT2D eigenvalue weighted by atomic mass is 9.99. The van der Waals surface area contributed by atoms with Gasteiger partial charge in [-0.15, -0.1) is 0 Å². The number of hydrogen-bond donors (Lipinski definition) is 1. The predicted octanol–water partition coefficient (Wildman–Crippen LogP) is 3.57. The zero-order valence-corrected chi connectivity index (χ0v) is 12.9. The SMILES string of the molecule is CCCCC(CC)CNC(=O)Cc1ccc(OC)cc1. The van der Waals surface area contributed by atoms with E-state index in [0.717, 1.165) is 24.3 Å². The Labute approximate surface area is 122 Å². The number of carbonyl (C=O) groups is 1. The second-order valence-electron chi connectivity index (χ2n) is 5.25. The van der Waals surface area contributed by atoms with E-state index in [0.29, 0.717) is 12.3 Å². The van der Waals surface area contributed by atoms with Crippen LogP contribution < -0.4 is 10.1 Å². The highest BCUT2D eigenvalue weighted by Gasteiger charge is 2.08. The maximum atomic E-state index is 11.9. The van der Waals surface area contributed by atoms with Crippen LogP contribution in [0.4, 0.5) is 0 Å². The number of methoxy groups -OCH3 is 1. The number of unbranched alkanes of at least 4 members (excludes halogenated alkanes) is 1. The fraction of sp³-hybridized carbons (Fsp3) is 0.588. The first-order valence-electron chi connectivity index (χ1n) is 7.59. The Bertz CT molecular complexity index is 386. The second-order valence-corrected chi connectivity index (χ2v) is 5.25. The average molecular weight is 277 g/mol. The van der Waals surface area contributed by atoms with Gasteiger partial charge >= 0.3 is 0 Å².